The first-order valence-electron chi connectivity index (χ1n) is 10.0. The largest absolute Gasteiger partial charge is 0.476 e. The number of hydrogen-bond donors (Lipinski definition) is 0. The molecule has 1 heterocycles. The average Bonchev–Trinajstić information content (AvgIpc) is 2.93. The van der Waals surface area contributed by atoms with Gasteiger partial charge in [-0.15, -0.1) is 0 Å². The van der Waals surface area contributed by atoms with E-state index >= 15 is 0 Å². The quantitative estimate of drug-likeness (QED) is 0.309. The van der Waals surface area contributed by atoms with E-state index in [1.807, 2.05) is 0 Å². The fourth-order valence-corrected chi connectivity index (χ4v) is 3.15. The molecule has 130 valence electrons. The summed E-state index contributed by atoms with van der Waals surface area (Å²) in [5, 5.41) is 0. The van der Waals surface area contributed by atoms with Gasteiger partial charge in [-0.2, -0.15) is 0 Å². The van der Waals surface area contributed by atoms with Gasteiger partial charge in [0.1, 0.15) is 6.10 Å². The van der Waals surface area contributed by atoms with Gasteiger partial charge in [0.2, 0.25) is 0 Å². The summed E-state index contributed by atoms with van der Waals surface area (Å²) in [6, 6.07) is 0. The number of ether oxygens (including phenoxy) is 1. The van der Waals surface area contributed by atoms with Gasteiger partial charge >= 0.3 is 0 Å². The van der Waals surface area contributed by atoms with E-state index in [0.29, 0.717) is 6.10 Å². The normalized spacial score (nSPS) is 17.5. The summed E-state index contributed by atoms with van der Waals surface area (Å²) in [7, 11) is 0. The van der Waals surface area contributed by atoms with Crippen LogP contribution in [0, 0.1) is 0 Å². The molecule has 0 bridgehead atoms. The summed E-state index contributed by atoms with van der Waals surface area (Å²) in [4.78, 5) is 4.41. The molecule has 22 heavy (non-hydrogen) atoms. The highest BCUT2D eigenvalue weighted by molar-refractivity contribution is 5.77. The van der Waals surface area contributed by atoms with Crippen LogP contribution < -0.4 is 0 Å². The summed E-state index contributed by atoms with van der Waals surface area (Å²) in [6.45, 7) is 5.26. The van der Waals surface area contributed by atoms with Crippen LogP contribution in [-0.2, 0) is 4.74 Å². The van der Waals surface area contributed by atoms with Crippen molar-refractivity contribution in [2.24, 2.45) is 4.99 Å². The lowest BCUT2D eigenvalue weighted by Gasteiger charge is -2.05. The fraction of sp³-hybridized carbons (Fsp3) is 0.950. The third kappa shape index (κ3) is 11.1. The molecule has 0 aromatic rings. The topological polar surface area (TPSA) is 21.6 Å². The minimum Gasteiger partial charge on any atom is -0.476 e. The first-order chi connectivity index (χ1) is 10.8. The second-order valence-corrected chi connectivity index (χ2v) is 7.01. The van der Waals surface area contributed by atoms with E-state index < -0.39 is 0 Å². The number of hydrogen-bond acceptors (Lipinski definition) is 2. The summed E-state index contributed by atoms with van der Waals surface area (Å²) in [5.41, 5.74) is 0. The molecule has 0 aromatic heterocycles. The number of aliphatic imine (C=N–C) groups is 1. The molecule has 0 fully saturated rings. The Hall–Kier alpha value is -0.530. The smallest absolute Gasteiger partial charge is 0.183 e. The summed E-state index contributed by atoms with van der Waals surface area (Å²) < 4.78 is 5.62. The van der Waals surface area contributed by atoms with Gasteiger partial charge in [-0.1, -0.05) is 90.4 Å². The van der Waals surface area contributed by atoms with Crippen LogP contribution in [0.3, 0.4) is 0 Å². The van der Waals surface area contributed by atoms with Gasteiger partial charge in [-0.05, 0) is 13.3 Å². The van der Waals surface area contributed by atoms with Gasteiger partial charge in [0.05, 0.1) is 6.54 Å². The first kappa shape index (κ1) is 19.5. The van der Waals surface area contributed by atoms with Gasteiger partial charge in [-0.3, -0.25) is 4.99 Å². The highest BCUT2D eigenvalue weighted by Gasteiger charge is 2.13. The Balaban J connectivity index is 1.70. The van der Waals surface area contributed by atoms with Crippen LogP contribution in [0.1, 0.15) is 110 Å². The molecule has 1 unspecified atom stereocenters. The van der Waals surface area contributed by atoms with E-state index in [9.17, 15) is 0 Å². The van der Waals surface area contributed by atoms with Crippen LogP contribution in [0.4, 0.5) is 0 Å². The van der Waals surface area contributed by atoms with Crippen molar-refractivity contribution in [3.05, 3.63) is 0 Å². The SMILES string of the molecule is CCCCCCCCCCCCCCCCC1=NCC(C)O1. The Morgan fingerprint density at radius 2 is 1.23 bits per heavy atom. The third-order valence-corrected chi connectivity index (χ3v) is 4.61. The van der Waals surface area contributed by atoms with E-state index in [-0.39, 0.29) is 0 Å². The predicted octanol–water partition coefficient (Wildman–Crippen LogP) is 6.68. The number of rotatable bonds is 15. The second-order valence-electron chi connectivity index (χ2n) is 7.01. The van der Waals surface area contributed by atoms with Gasteiger partial charge in [0.15, 0.2) is 5.90 Å². The molecule has 0 N–H and O–H groups in total. The van der Waals surface area contributed by atoms with E-state index in [1.165, 1.54) is 89.9 Å². The Morgan fingerprint density at radius 1 is 0.773 bits per heavy atom. The molecule has 2 heteroatoms. The van der Waals surface area contributed by atoms with Crippen LogP contribution in [0.25, 0.3) is 0 Å². The van der Waals surface area contributed by atoms with Gasteiger partial charge in [0, 0.05) is 6.42 Å². The van der Waals surface area contributed by atoms with Crippen molar-refractivity contribution in [1.82, 2.24) is 0 Å². The van der Waals surface area contributed by atoms with E-state index in [0.717, 1.165) is 18.9 Å². The lowest BCUT2D eigenvalue weighted by molar-refractivity contribution is 0.238. The zero-order valence-corrected chi connectivity index (χ0v) is 15.2. The fourth-order valence-electron chi connectivity index (χ4n) is 3.15. The van der Waals surface area contributed by atoms with Gasteiger partial charge in [-0.25, -0.2) is 0 Å². The molecule has 0 saturated carbocycles. The maximum absolute atomic E-state index is 5.62. The van der Waals surface area contributed by atoms with Crippen LogP contribution in [0.2, 0.25) is 0 Å². The molecule has 2 nitrogen and oxygen atoms in total. The molecule has 1 aliphatic heterocycles. The van der Waals surface area contributed by atoms with Gasteiger partial charge in [0.25, 0.3) is 0 Å². The highest BCUT2D eigenvalue weighted by Crippen LogP contribution is 2.14. The monoisotopic (exact) mass is 309 g/mol. The Morgan fingerprint density at radius 3 is 1.64 bits per heavy atom. The van der Waals surface area contributed by atoms with E-state index in [1.54, 1.807) is 0 Å². The molecule has 0 aliphatic carbocycles. The van der Waals surface area contributed by atoms with E-state index in [2.05, 4.69) is 18.8 Å². The summed E-state index contributed by atoms with van der Waals surface area (Å²) in [5.74, 6) is 1.01. The average molecular weight is 310 g/mol. The standard InChI is InChI=1S/C20H39NO/c1-3-4-5-6-7-8-9-10-11-12-13-14-15-16-17-20-21-18-19(2)22-20/h19H,3-18H2,1-2H3. The maximum atomic E-state index is 5.62. The van der Waals surface area contributed by atoms with Crippen molar-refractivity contribution in [3.8, 4) is 0 Å². The molecular formula is C20H39NO. The molecule has 0 spiro atoms. The minimum absolute atomic E-state index is 0.321. The van der Waals surface area contributed by atoms with Crippen molar-refractivity contribution in [3.63, 3.8) is 0 Å². The van der Waals surface area contributed by atoms with Crippen LogP contribution in [0.5, 0.6) is 0 Å². The molecule has 1 rings (SSSR count). The maximum Gasteiger partial charge on any atom is 0.183 e. The van der Waals surface area contributed by atoms with Crippen LogP contribution >= 0.6 is 0 Å². The van der Waals surface area contributed by atoms with Crippen molar-refractivity contribution in [1.29, 1.82) is 0 Å². The minimum atomic E-state index is 0.321. The van der Waals surface area contributed by atoms with Crippen LogP contribution in [-0.4, -0.2) is 18.5 Å². The summed E-state index contributed by atoms with van der Waals surface area (Å²) in [6.07, 6.45) is 21.2. The third-order valence-electron chi connectivity index (χ3n) is 4.61. The molecule has 0 radical (unpaired) electrons. The van der Waals surface area contributed by atoms with Crippen LogP contribution in [0.15, 0.2) is 4.99 Å². The van der Waals surface area contributed by atoms with Crippen molar-refractivity contribution >= 4 is 5.90 Å². The van der Waals surface area contributed by atoms with E-state index in [4.69, 9.17) is 4.74 Å². The lowest BCUT2D eigenvalue weighted by Crippen LogP contribution is -2.07. The Kier molecular flexibility index (Phi) is 12.5. The molecule has 0 amide bonds. The molecular weight excluding hydrogens is 270 g/mol. The predicted molar refractivity (Wildman–Crippen MR) is 97.8 cm³/mol. The highest BCUT2D eigenvalue weighted by atomic mass is 16.5. The van der Waals surface area contributed by atoms with Crippen molar-refractivity contribution in [2.45, 2.75) is 116 Å². The van der Waals surface area contributed by atoms with Gasteiger partial charge < -0.3 is 4.74 Å². The zero-order valence-electron chi connectivity index (χ0n) is 15.2. The lowest BCUT2D eigenvalue weighted by atomic mass is 10.0. The second kappa shape index (κ2) is 14.1. The zero-order chi connectivity index (χ0) is 15.9. The van der Waals surface area contributed by atoms with Crippen molar-refractivity contribution in [2.75, 3.05) is 6.54 Å². The Labute approximate surface area is 139 Å². The molecule has 1 aliphatic rings. The Bertz CT molecular complexity index is 275. The number of nitrogens with zero attached hydrogens (tertiary/aromatic N) is 1. The molecule has 0 aromatic carbocycles. The number of unbranched alkanes of at least 4 members (excludes halogenated alkanes) is 13. The first-order valence-corrected chi connectivity index (χ1v) is 10.0. The summed E-state index contributed by atoms with van der Waals surface area (Å²) >= 11 is 0. The molecule has 0 saturated heterocycles. The van der Waals surface area contributed by atoms with Crippen molar-refractivity contribution < 1.29 is 4.74 Å². The molecule has 1 atom stereocenters.